The van der Waals surface area contributed by atoms with E-state index < -0.39 is 0 Å². The van der Waals surface area contributed by atoms with E-state index in [0.717, 1.165) is 17.7 Å². The van der Waals surface area contributed by atoms with Crippen molar-refractivity contribution in [3.8, 4) is 0 Å². The molecule has 4 heteroatoms. The summed E-state index contributed by atoms with van der Waals surface area (Å²) in [4.78, 5) is 26.6. The molecule has 0 spiro atoms. The van der Waals surface area contributed by atoms with Crippen molar-refractivity contribution >= 4 is 17.5 Å². The van der Waals surface area contributed by atoms with Gasteiger partial charge < -0.3 is 10.2 Å². The van der Waals surface area contributed by atoms with Gasteiger partial charge >= 0.3 is 0 Å². The predicted octanol–water partition coefficient (Wildman–Crippen LogP) is 3.04. The molecule has 4 nitrogen and oxygen atoms in total. The summed E-state index contributed by atoms with van der Waals surface area (Å²) in [5.41, 5.74) is 2.02. The molecule has 124 valence electrons. The molecule has 2 fully saturated rings. The quantitative estimate of drug-likeness (QED) is 0.932. The summed E-state index contributed by atoms with van der Waals surface area (Å²) in [5, 5.41) is 3.20. The molecule has 1 aliphatic heterocycles. The van der Waals surface area contributed by atoms with E-state index in [1.165, 1.54) is 19.3 Å². The van der Waals surface area contributed by atoms with Gasteiger partial charge in [0.05, 0.1) is 5.92 Å². The summed E-state index contributed by atoms with van der Waals surface area (Å²) in [7, 11) is 0. The van der Waals surface area contributed by atoms with Crippen LogP contribution in [0, 0.1) is 18.8 Å². The van der Waals surface area contributed by atoms with Crippen molar-refractivity contribution in [2.24, 2.45) is 11.8 Å². The Bertz CT molecular complexity index is 599. The molecular formula is C19H26N2O2. The van der Waals surface area contributed by atoms with E-state index in [1.54, 1.807) is 4.90 Å². The average molecular weight is 314 g/mol. The SMILES string of the molecule is Cc1cccc(N2C[C@H](C(=O)N[C@@H]3CCCC[C@@H]3C)CC2=O)c1. The maximum Gasteiger partial charge on any atom is 0.227 e. The lowest BCUT2D eigenvalue weighted by Crippen LogP contribution is -2.44. The first-order valence-electron chi connectivity index (χ1n) is 8.72. The number of amides is 2. The molecule has 1 saturated carbocycles. The molecule has 3 atom stereocenters. The van der Waals surface area contributed by atoms with Crippen LogP contribution in [0.2, 0.25) is 0 Å². The molecule has 1 aromatic rings. The highest BCUT2D eigenvalue weighted by Gasteiger charge is 2.36. The molecule has 1 heterocycles. The summed E-state index contributed by atoms with van der Waals surface area (Å²) in [6, 6.07) is 8.18. The average Bonchev–Trinajstić information content (AvgIpc) is 2.92. The standard InChI is InChI=1S/C19H26N2O2/c1-13-6-5-8-16(10-13)21-12-15(11-18(21)22)19(23)20-17-9-4-3-7-14(17)2/h5-6,8,10,14-15,17H,3-4,7,9,11-12H2,1-2H3,(H,20,23)/t14-,15+,17+/m0/s1. The van der Waals surface area contributed by atoms with Crippen LogP contribution in [0.4, 0.5) is 5.69 Å². The fraction of sp³-hybridized carbons (Fsp3) is 0.579. The van der Waals surface area contributed by atoms with E-state index in [1.807, 2.05) is 31.2 Å². The lowest BCUT2D eigenvalue weighted by atomic mass is 9.85. The van der Waals surface area contributed by atoms with Crippen LogP contribution in [-0.4, -0.2) is 24.4 Å². The van der Waals surface area contributed by atoms with Gasteiger partial charge in [0, 0.05) is 24.7 Å². The normalized spacial score (nSPS) is 28.0. The summed E-state index contributed by atoms with van der Waals surface area (Å²) in [6.07, 6.45) is 5.02. The number of benzene rings is 1. The number of anilines is 1. The van der Waals surface area contributed by atoms with Gasteiger partial charge in [-0.25, -0.2) is 0 Å². The van der Waals surface area contributed by atoms with Crippen molar-refractivity contribution in [1.29, 1.82) is 0 Å². The molecule has 1 aliphatic carbocycles. The Morgan fingerprint density at radius 3 is 2.78 bits per heavy atom. The van der Waals surface area contributed by atoms with Gasteiger partial charge in [-0.2, -0.15) is 0 Å². The predicted molar refractivity (Wildman–Crippen MR) is 91.2 cm³/mol. The van der Waals surface area contributed by atoms with Gasteiger partial charge in [0.25, 0.3) is 0 Å². The second kappa shape index (κ2) is 6.73. The third kappa shape index (κ3) is 3.57. The van der Waals surface area contributed by atoms with Gasteiger partial charge in [-0.1, -0.05) is 31.9 Å². The number of aryl methyl sites for hydroxylation is 1. The third-order valence-corrected chi connectivity index (χ3v) is 5.25. The Balaban J connectivity index is 1.63. The Morgan fingerprint density at radius 2 is 2.04 bits per heavy atom. The van der Waals surface area contributed by atoms with Crippen LogP contribution in [0.5, 0.6) is 0 Å². The van der Waals surface area contributed by atoms with E-state index in [-0.39, 0.29) is 23.8 Å². The summed E-state index contributed by atoms with van der Waals surface area (Å²) in [6.45, 7) is 4.72. The van der Waals surface area contributed by atoms with E-state index in [0.29, 0.717) is 18.9 Å². The number of nitrogens with one attached hydrogen (secondary N) is 1. The second-order valence-electron chi connectivity index (χ2n) is 7.12. The van der Waals surface area contributed by atoms with E-state index in [2.05, 4.69) is 12.2 Å². The van der Waals surface area contributed by atoms with Crippen LogP contribution in [-0.2, 0) is 9.59 Å². The molecule has 0 radical (unpaired) electrons. The maximum absolute atomic E-state index is 12.6. The lowest BCUT2D eigenvalue weighted by Gasteiger charge is -2.30. The molecule has 2 aliphatic rings. The molecule has 1 aromatic carbocycles. The van der Waals surface area contributed by atoms with Gasteiger partial charge in [0.15, 0.2) is 0 Å². The van der Waals surface area contributed by atoms with Crippen molar-refractivity contribution < 1.29 is 9.59 Å². The Kier molecular flexibility index (Phi) is 4.69. The molecule has 0 aromatic heterocycles. The zero-order valence-electron chi connectivity index (χ0n) is 14.0. The lowest BCUT2D eigenvalue weighted by molar-refractivity contribution is -0.127. The fourth-order valence-corrected chi connectivity index (χ4v) is 3.76. The minimum Gasteiger partial charge on any atom is -0.353 e. The van der Waals surface area contributed by atoms with Crippen molar-refractivity contribution in [1.82, 2.24) is 5.32 Å². The number of rotatable bonds is 3. The molecule has 3 rings (SSSR count). The van der Waals surface area contributed by atoms with Gasteiger partial charge in [0.2, 0.25) is 11.8 Å². The van der Waals surface area contributed by atoms with Crippen LogP contribution >= 0.6 is 0 Å². The van der Waals surface area contributed by atoms with Gasteiger partial charge in [-0.3, -0.25) is 9.59 Å². The largest absolute Gasteiger partial charge is 0.353 e. The van der Waals surface area contributed by atoms with Crippen LogP contribution in [0.25, 0.3) is 0 Å². The Hall–Kier alpha value is -1.84. The summed E-state index contributed by atoms with van der Waals surface area (Å²) < 4.78 is 0. The number of nitrogens with zero attached hydrogens (tertiary/aromatic N) is 1. The zero-order chi connectivity index (χ0) is 16.4. The second-order valence-corrected chi connectivity index (χ2v) is 7.12. The number of carbonyl (C=O) groups excluding carboxylic acids is 2. The molecule has 0 unspecified atom stereocenters. The first kappa shape index (κ1) is 16.0. The molecule has 0 bridgehead atoms. The van der Waals surface area contributed by atoms with E-state index in [9.17, 15) is 9.59 Å². The van der Waals surface area contributed by atoms with Gasteiger partial charge in [-0.05, 0) is 43.4 Å². The molecule has 1 N–H and O–H groups in total. The summed E-state index contributed by atoms with van der Waals surface area (Å²) in [5.74, 6) is 0.412. The van der Waals surface area contributed by atoms with Crippen molar-refractivity contribution in [3.63, 3.8) is 0 Å². The van der Waals surface area contributed by atoms with Crippen LogP contribution in [0.1, 0.15) is 44.6 Å². The Morgan fingerprint density at radius 1 is 1.26 bits per heavy atom. The van der Waals surface area contributed by atoms with Crippen molar-refractivity contribution in [2.75, 3.05) is 11.4 Å². The van der Waals surface area contributed by atoms with E-state index >= 15 is 0 Å². The number of hydrogen-bond acceptors (Lipinski definition) is 2. The Labute approximate surface area is 138 Å². The monoisotopic (exact) mass is 314 g/mol. The highest BCUT2D eigenvalue weighted by molar-refractivity contribution is 6.00. The summed E-state index contributed by atoms with van der Waals surface area (Å²) >= 11 is 0. The fourth-order valence-electron chi connectivity index (χ4n) is 3.76. The van der Waals surface area contributed by atoms with Crippen LogP contribution < -0.4 is 10.2 Å². The highest BCUT2D eigenvalue weighted by atomic mass is 16.2. The highest BCUT2D eigenvalue weighted by Crippen LogP contribution is 2.28. The minimum absolute atomic E-state index is 0.0484. The molecule has 23 heavy (non-hydrogen) atoms. The molecular weight excluding hydrogens is 288 g/mol. The third-order valence-electron chi connectivity index (χ3n) is 5.25. The number of carbonyl (C=O) groups is 2. The van der Waals surface area contributed by atoms with Crippen LogP contribution in [0.3, 0.4) is 0 Å². The minimum atomic E-state index is -0.225. The first-order chi connectivity index (χ1) is 11.0. The smallest absolute Gasteiger partial charge is 0.227 e. The number of hydrogen-bond donors (Lipinski definition) is 1. The maximum atomic E-state index is 12.6. The first-order valence-corrected chi connectivity index (χ1v) is 8.72. The molecule has 2 amide bonds. The van der Waals surface area contributed by atoms with E-state index in [4.69, 9.17) is 0 Å². The van der Waals surface area contributed by atoms with Gasteiger partial charge in [-0.15, -0.1) is 0 Å². The zero-order valence-corrected chi connectivity index (χ0v) is 14.0. The molecule has 1 saturated heterocycles. The van der Waals surface area contributed by atoms with Gasteiger partial charge in [0.1, 0.15) is 0 Å². The van der Waals surface area contributed by atoms with Crippen molar-refractivity contribution in [2.45, 2.75) is 52.0 Å². The van der Waals surface area contributed by atoms with Crippen LogP contribution in [0.15, 0.2) is 24.3 Å². The topological polar surface area (TPSA) is 49.4 Å². The van der Waals surface area contributed by atoms with Crippen molar-refractivity contribution in [3.05, 3.63) is 29.8 Å².